The second kappa shape index (κ2) is 5.63. The van der Waals surface area contributed by atoms with Gasteiger partial charge in [0, 0.05) is 30.5 Å². The van der Waals surface area contributed by atoms with Crippen LogP contribution in [0.4, 0.5) is 0 Å². The van der Waals surface area contributed by atoms with Gasteiger partial charge in [0.25, 0.3) is 0 Å². The van der Waals surface area contributed by atoms with E-state index >= 15 is 0 Å². The van der Waals surface area contributed by atoms with E-state index in [2.05, 4.69) is 20.4 Å². The summed E-state index contributed by atoms with van der Waals surface area (Å²) in [5, 5.41) is 7.62. The summed E-state index contributed by atoms with van der Waals surface area (Å²) in [6, 6.07) is 2.50. The zero-order chi connectivity index (χ0) is 12.2. The molecule has 2 aromatic rings. The SMILES string of the molecule is c1cnn(CCN2CCCC[C@@H]2c2nccs2)c1. The number of likely N-dealkylation sites (tertiary alicyclic amines) is 1. The molecule has 0 radical (unpaired) electrons. The fraction of sp³-hybridized carbons (Fsp3) is 0.538. The molecule has 0 aliphatic carbocycles. The lowest BCUT2D eigenvalue weighted by Crippen LogP contribution is -2.35. The minimum atomic E-state index is 0.523. The zero-order valence-corrected chi connectivity index (χ0v) is 11.2. The molecule has 1 atom stereocenters. The molecule has 4 nitrogen and oxygen atoms in total. The molecule has 0 N–H and O–H groups in total. The van der Waals surface area contributed by atoms with Gasteiger partial charge < -0.3 is 0 Å². The Hall–Kier alpha value is -1.20. The first-order valence-corrected chi connectivity index (χ1v) is 7.42. The normalized spacial score (nSPS) is 21.2. The average molecular weight is 262 g/mol. The van der Waals surface area contributed by atoms with Crippen molar-refractivity contribution >= 4 is 11.3 Å². The molecule has 3 heterocycles. The maximum Gasteiger partial charge on any atom is 0.110 e. The van der Waals surface area contributed by atoms with E-state index in [0.717, 1.165) is 13.1 Å². The molecule has 1 saturated heterocycles. The maximum absolute atomic E-state index is 4.49. The van der Waals surface area contributed by atoms with E-state index in [4.69, 9.17) is 0 Å². The molecule has 1 aliphatic rings. The van der Waals surface area contributed by atoms with Gasteiger partial charge in [-0.05, 0) is 25.5 Å². The van der Waals surface area contributed by atoms with Gasteiger partial charge in [-0.2, -0.15) is 5.10 Å². The summed E-state index contributed by atoms with van der Waals surface area (Å²) < 4.78 is 2.01. The number of hydrogen-bond donors (Lipinski definition) is 0. The predicted octanol–water partition coefficient (Wildman–Crippen LogP) is 2.57. The van der Waals surface area contributed by atoms with Crippen molar-refractivity contribution in [2.45, 2.75) is 31.8 Å². The Kier molecular flexibility index (Phi) is 3.71. The van der Waals surface area contributed by atoms with Crippen molar-refractivity contribution in [1.82, 2.24) is 19.7 Å². The van der Waals surface area contributed by atoms with Crippen LogP contribution in [0.15, 0.2) is 30.0 Å². The number of nitrogens with zero attached hydrogens (tertiary/aromatic N) is 4. The van der Waals surface area contributed by atoms with Gasteiger partial charge in [-0.1, -0.05) is 6.42 Å². The molecule has 0 aromatic carbocycles. The fourth-order valence-electron chi connectivity index (χ4n) is 2.60. The Bertz CT molecular complexity index is 451. The van der Waals surface area contributed by atoms with E-state index in [0.29, 0.717) is 6.04 Å². The third-order valence-corrected chi connectivity index (χ3v) is 4.40. The van der Waals surface area contributed by atoms with Crippen LogP contribution >= 0.6 is 11.3 Å². The van der Waals surface area contributed by atoms with Crippen LogP contribution in [0.1, 0.15) is 30.3 Å². The molecule has 0 spiro atoms. The van der Waals surface area contributed by atoms with Crippen molar-refractivity contribution in [3.63, 3.8) is 0 Å². The van der Waals surface area contributed by atoms with Crippen LogP contribution in [0.3, 0.4) is 0 Å². The molecule has 5 heteroatoms. The van der Waals surface area contributed by atoms with E-state index in [1.54, 1.807) is 11.3 Å². The topological polar surface area (TPSA) is 34.0 Å². The Morgan fingerprint density at radius 1 is 1.28 bits per heavy atom. The summed E-state index contributed by atoms with van der Waals surface area (Å²) in [6.07, 6.45) is 9.66. The highest BCUT2D eigenvalue weighted by Gasteiger charge is 2.25. The summed E-state index contributed by atoms with van der Waals surface area (Å²) in [5.41, 5.74) is 0. The Balaban J connectivity index is 1.65. The smallest absolute Gasteiger partial charge is 0.110 e. The Morgan fingerprint density at radius 2 is 2.28 bits per heavy atom. The first kappa shape index (κ1) is 11.9. The molecular formula is C13H18N4S. The second-order valence-electron chi connectivity index (χ2n) is 4.69. The molecule has 0 unspecified atom stereocenters. The zero-order valence-electron chi connectivity index (χ0n) is 10.4. The van der Waals surface area contributed by atoms with Gasteiger partial charge in [-0.3, -0.25) is 9.58 Å². The van der Waals surface area contributed by atoms with E-state index in [9.17, 15) is 0 Å². The van der Waals surface area contributed by atoms with E-state index in [1.807, 2.05) is 29.3 Å². The van der Waals surface area contributed by atoms with Gasteiger partial charge in [0.15, 0.2) is 0 Å². The molecule has 1 aliphatic heterocycles. The maximum atomic E-state index is 4.49. The van der Waals surface area contributed by atoms with Crippen molar-refractivity contribution in [3.05, 3.63) is 35.0 Å². The number of piperidine rings is 1. The van der Waals surface area contributed by atoms with E-state index < -0.39 is 0 Å². The first-order chi connectivity index (χ1) is 8.93. The molecule has 3 rings (SSSR count). The lowest BCUT2D eigenvalue weighted by Gasteiger charge is -2.34. The van der Waals surface area contributed by atoms with Crippen LogP contribution in [-0.4, -0.2) is 32.8 Å². The van der Waals surface area contributed by atoms with Crippen molar-refractivity contribution in [1.29, 1.82) is 0 Å². The highest BCUT2D eigenvalue weighted by molar-refractivity contribution is 7.09. The molecule has 2 aromatic heterocycles. The summed E-state index contributed by atoms with van der Waals surface area (Å²) in [7, 11) is 0. The van der Waals surface area contributed by atoms with Gasteiger partial charge in [0.2, 0.25) is 0 Å². The van der Waals surface area contributed by atoms with Crippen molar-refractivity contribution in [2.75, 3.05) is 13.1 Å². The van der Waals surface area contributed by atoms with Crippen LogP contribution in [0.2, 0.25) is 0 Å². The van der Waals surface area contributed by atoms with Crippen molar-refractivity contribution in [2.24, 2.45) is 0 Å². The molecule has 18 heavy (non-hydrogen) atoms. The second-order valence-corrected chi connectivity index (χ2v) is 5.61. The van der Waals surface area contributed by atoms with Crippen LogP contribution in [-0.2, 0) is 6.54 Å². The number of hydrogen-bond acceptors (Lipinski definition) is 4. The highest BCUT2D eigenvalue weighted by Crippen LogP contribution is 2.31. The monoisotopic (exact) mass is 262 g/mol. The van der Waals surface area contributed by atoms with Gasteiger partial charge in [-0.15, -0.1) is 11.3 Å². The third-order valence-electron chi connectivity index (χ3n) is 3.53. The summed E-state index contributed by atoms with van der Waals surface area (Å²) in [4.78, 5) is 7.05. The van der Waals surface area contributed by atoms with Crippen LogP contribution < -0.4 is 0 Å². The lowest BCUT2D eigenvalue weighted by molar-refractivity contribution is 0.141. The molecule has 96 valence electrons. The van der Waals surface area contributed by atoms with Gasteiger partial charge in [0.05, 0.1) is 12.6 Å². The predicted molar refractivity (Wildman–Crippen MR) is 72.5 cm³/mol. The minimum Gasteiger partial charge on any atom is -0.292 e. The van der Waals surface area contributed by atoms with Crippen LogP contribution in [0.25, 0.3) is 0 Å². The van der Waals surface area contributed by atoms with E-state index in [-0.39, 0.29) is 0 Å². The lowest BCUT2D eigenvalue weighted by atomic mass is 10.0. The molecule has 0 bridgehead atoms. The third kappa shape index (κ3) is 2.62. The summed E-state index contributed by atoms with van der Waals surface area (Å²) >= 11 is 1.78. The van der Waals surface area contributed by atoms with Crippen molar-refractivity contribution < 1.29 is 0 Å². The molecule has 0 saturated carbocycles. The number of rotatable bonds is 4. The van der Waals surface area contributed by atoms with Crippen LogP contribution in [0.5, 0.6) is 0 Å². The Labute approximate surface area is 111 Å². The van der Waals surface area contributed by atoms with Gasteiger partial charge >= 0.3 is 0 Å². The molecular weight excluding hydrogens is 244 g/mol. The average Bonchev–Trinajstić information content (AvgIpc) is 3.10. The standard InChI is InChI=1S/C13H18N4S/c1-2-7-16(9-10-17-8-3-5-15-17)12(4-1)13-14-6-11-18-13/h3,5-6,8,11-12H,1-2,4,7,9-10H2/t12-/m1/s1. The van der Waals surface area contributed by atoms with E-state index in [1.165, 1.54) is 30.8 Å². The largest absolute Gasteiger partial charge is 0.292 e. The van der Waals surface area contributed by atoms with Gasteiger partial charge in [-0.25, -0.2) is 4.98 Å². The minimum absolute atomic E-state index is 0.523. The first-order valence-electron chi connectivity index (χ1n) is 6.54. The molecule has 0 amide bonds. The van der Waals surface area contributed by atoms with Crippen molar-refractivity contribution in [3.8, 4) is 0 Å². The van der Waals surface area contributed by atoms with Gasteiger partial charge in [0.1, 0.15) is 5.01 Å². The van der Waals surface area contributed by atoms with Crippen LogP contribution in [0, 0.1) is 0 Å². The summed E-state index contributed by atoms with van der Waals surface area (Å²) in [6.45, 7) is 3.21. The number of aromatic nitrogens is 3. The highest BCUT2D eigenvalue weighted by atomic mass is 32.1. The number of thiazole rings is 1. The summed E-state index contributed by atoms with van der Waals surface area (Å²) in [5.74, 6) is 0. The fourth-order valence-corrected chi connectivity index (χ4v) is 3.41. The molecule has 1 fully saturated rings. The quantitative estimate of drug-likeness (QED) is 0.849. The Morgan fingerprint density at radius 3 is 3.06 bits per heavy atom.